The van der Waals surface area contributed by atoms with Crippen LogP contribution in [0, 0.1) is 0 Å². The second kappa shape index (κ2) is 5.54. The molecule has 3 aromatic rings. The molecule has 0 aliphatic heterocycles. The molecule has 4 nitrogen and oxygen atoms in total. The number of fused-ring (bicyclic) bond motifs is 1. The lowest BCUT2D eigenvalue weighted by Gasteiger charge is -2.07. The Morgan fingerprint density at radius 3 is 2.71 bits per heavy atom. The zero-order valence-electron chi connectivity index (χ0n) is 10.8. The van der Waals surface area contributed by atoms with Gasteiger partial charge in [-0.25, -0.2) is 0 Å². The first-order valence-electron chi connectivity index (χ1n) is 6.22. The van der Waals surface area contributed by atoms with Crippen LogP contribution in [0.25, 0.3) is 11.0 Å². The van der Waals surface area contributed by atoms with Crippen LogP contribution in [0.1, 0.15) is 10.4 Å². The largest absolute Gasteiger partial charge is 0.464 e. The second-order valence-corrected chi connectivity index (χ2v) is 5.28. The summed E-state index contributed by atoms with van der Waals surface area (Å²) in [7, 11) is 0. The maximum absolute atomic E-state index is 12.2. The van der Waals surface area contributed by atoms with Crippen molar-refractivity contribution in [3.05, 3.63) is 75.1 Å². The maximum atomic E-state index is 12.2. The van der Waals surface area contributed by atoms with Crippen molar-refractivity contribution in [3.8, 4) is 0 Å². The van der Waals surface area contributed by atoms with Crippen LogP contribution in [0.5, 0.6) is 0 Å². The van der Waals surface area contributed by atoms with Gasteiger partial charge in [-0.05, 0) is 46.3 Å². The predicted octanol–water partition coefficient (Wildman–Crippen LogP) is 3.81. The van der Waals surface area contributed by atoms with E-state index in [2.05, 4.69) is 21.2 Å². The molecule has 104 valence electrons. The zero-order chi connectivity index (χ0) is 14.8. The van der Waals surface area contributed by atoms with Crippen molar-refractivity contribution in [3.63, 3.8) is 0 Å². The first-order chi connectivity index (χ1) is 10.1. The van der Waals surface area contributed by atoms with Crippen LogP contribution in [0.2, 0.25) is 0 Å². The fraction of sp³-hybridized carbons (Fsp3) is 0. The molecule has 0 atom stereocenters. The summed E-state index contributed by atoms with van der Waals surface area (Å²) in [6, 6.07) is 13.4. The molecule has 0 bridgehead atoms. The number of benzene rings is 2. The van der Waals surface area contributed by atoms with Crippen molar-refractivity contribution < 1.29 is 9.21 Å². The lowest BCUT2D eigenvalue weighted by atomic mass is 10.2. The van der Waals surface area contributed by atoms with Crippen molar-refractivity contribution >= 4 is 38.5 Å². The summed E-state index contributed by atoms with van der Waals surface area (Å²) in [6.45, 7) is 0. The van der Waals surface area contributed by atoms with E-state index < -0.39 is 0 Å². The average Bonchev–Trinajstić information content (AvgIpc) is 2.48. The van der Waals surface area contributed by atoms with Crippen molar-refractivity contribution in [2.45, 2.75) is 0 Å². The molecule has 21 heavy (non-hydrogen) atoms. The fourth-order valence-corrected chi connectivity index (χ4v) is 2.47. The summed E-state index contributed by atoms with van der Waals surface area (Å²) in [5.74, 6) is -0.248. The zero-order valence-corrected chi connectivity index (χ0v) is 12.4. The smallest absolute Gasteiger partial charge is 0.256 e. The molecule has 1 aromatic heterocycles. The third-order valence-electron chi connectivity index (χ3n) is 3.04. The van der Waals surface area contributed by atoms with Crippen LogP contribution in [-0.4, -0.2) is 5.91 Å². The Morgan fingerprint density at radius 1 is 1.10 bits per heavy atom. The Bertz CT molecular complexity index is 886. The molecule has 0 saturated carbocycles. The van der Waals surface area contributed by atoms with Crippen molar-refractivity contribution in [1.29, 1.82) is 0 Å². The van der Waals surface area contributed by atoms with E-state index in [0.717, 1.165) is 0 Å². The summed E-state index contributed by atoms with van der Waals surface area (Å²) in [4.78, 5) is 24.0. The Labute approximate surface area is 128 Å². The first-order valence-corrected chi connectivity index (χ1v) is 7.02. The third-order valence-corrected chi connectivity index (χ3v) is 3.73. The van der Waals surface area contributed by atoms with Crippen molar-refractivity contribution in [2.75, 3.05) is 5.32 Å². The van der Waals surface area contributed by atoms with Crippen LogP contribution in [0.3, 0.4) is 0 Å². The molecule has 0 fully saturated rings. The van der Waals surface area contributed by atoms with E-state index in [9.17, 15) is 9.59 Å². The lowest BCUT2D eigenvalue weighted by Crippen LogP contribution is -2.12. The molecule has 0 aliphatic rings. The summed E-state index contributed by atoms with van der Waals surface area (Å²) < 4.78 is 5.95. The van der Waals surface area contributed by atoms with Crippen LogP contribution in [0.15, 0.2) is 68.5 Å². The van der Waals surface area contributed by atoms with E-state index >= 15 is 0 Å². The van der Waals surface area contributed by atoms with Crippen LogP contribution < -0.4 is 10.7 Å². The van der Waals surface area contributed by atoms with Gasteiger partial charge in [0, 0.05) is 16.2 Å². The first kappa shape index (κ1) is 13.6. The number of rotatable bonds is 2. The molecule has 0 radical (unpaired) electrons. The quantitative estimate of drug-likeness (QED) is 0.769. The monoisotopic (exact) mass is 343 g/mol. The average molecular weight is 344 g/mol. The molecule has 2 aromatic carbocycles. The predicted molar refractivity (Wildman–Crippen MR) is 84.6 cm³/mol. The number of hydrogen-bond acceptors (Lipinski definition) is 3. The molecular weight excluding hydrogens is 334 g/mol. The van der Waals surface area contributed by atoms with E-state index in [1.165, 1.54) is 12.3 Å². The number of anilines is 1. The van der Waals surface area contributed by atoms with Gasteiger partial charge in [0.05, 0.1) is 17.2 Å². The number of amides is 1. The summed E-state index contributed by atoms with van der Waals surface area (Å²) in [5, 5.41) is 3.20. The summed E-state index contributed by atoms with van der Waals surface area (Å²) >= 11 is 3.34. The van der Waals surface area contributed by atoms with Gasteiger partial charge in [0.1, 0.15) is 5.58 Å². The molecular formula is C16H10BrNO3. The Morgan fingerprint density at radius 2 is 1.90 bits per heavy atom. The highest BCUT2D eigenvalue weighted by Crippen LogP contribution is 2.20. The highest BCUT2D eigenvalue weighted by molar-refractivity contribution is 9.10. The second-order valence-electron chi connectivity index (χ2n) is 4.43. The highest BCUT2D eigenvalue weighted by atomic mass is 79.9. The third kappa shape index (κ3) is 2.73. The standard InChI is InChI=1S/C16H10BrNO3/c17-13-4-2-1-3-11(13)16(20)18-10-5-6-15-12(9-10)14(19)7-8-21-15/h1-9H,(H,18,20). The Hall–Kier alpha value is -2.40. The van der Waals surface area contributed by atoms with Crippen molar-refractivity contribution in [1.82, 2.24) is 0 Å². The van der Waals surface area contributed by atoms with Crippen LogP contribution in [0.4, 0.5) is 5.69 Å². The summed E-state index contributed by atoms with van der Waals surface area (Å²) in [5.41, 5.74) is 1.41. The van der Waals surface area contributed by atoms with Crippen LogP contribution in [-0.2, 0) is 0 Å². The molecule has 0 saturated heterocycles. The van der Waals surface area contributed by atoms with E-state index in [1.807, 2.05) is 6.07 Å². The molecule has 0 spiro atoms. The minimum atomic E-state index is -0.248. The van der Waals surface area contributed by atoms with Gasteiger partial charge in [0.25, 0.3) is 5.91 Å². The van der Waals surface area contributed by atoms with E-state index in [-0.39, 0.29) is 11.3 Å². The number of nitrogens with one attached hydrogen (secondary N) is 1. The Balaban J connectivity index is 1.95. The van der Waals surface area contributed by atoms with Gasteiger partial charge >= 0.3 is 0 Å². The van der Waals surface area contributed by atoms with E-state index in [4.69, 9.17) is 4.42 Å². The van der Waals surface area contributed by atoms with E-state index in [0.29, 0.717) is 26.7 Å². The van der Waals surface area contributed by atoms with Gasteiger partial charge in [0.2, 0.25) is 0 Å². The molecule has 5 heteroatoms. The molecule has 1 heterocycles. The number of hydrogen-bond donors (Lipinski definition) is 1. The number of halogens is 1. The SMILES string of the molecule is O=C(Nc1ccc2occc(=O)c2c1)c1ccccc1Br. The molecule has 3 rings (SSSR count). The lowest BCUT2D eigenvalue weighted by molar-refractivity contribution is 0.102. The minimum absolute atomic E-state index is 0.145. The van der Waals surface area contributed by atoms with Gasteiger partial charge in [-0.1, -0.05) is 12.1 Å². The maximum Gasteiger partial charge on any atom is 0.256 e. The van der Waals surface area contributed by atoms with Crippen LogP contribution >= 0.6 is 15.9 Å². The van der Waals surface area contributed by atoms with Gasteiger partial charge < -0.3 is 9.73 Å². The number of carbonyl (C=O) groups is 1. The van der Waals surface area contributed by atoms with Gasteiger partial charge in [-0.3, -0.25) is 9.59 Å². The van der Waals surface area contributed by atoms with Gasteiger partial charge in [0.15, 0.2) is 5.43 Å². The fourth-order valence-electron chi connectivity index (χ4n) is 2.01. The molecule has 0 unspecified atom stereocenters. The van der Waals surface area contributed by atoms with Crippen molar-refractivity contribution in [2.24, 2.45) is 0 Å². The minimum Gasteiger partial charge on any atom is -0.464 e. The molecule has 1 amide bonds. The number of carbonyl (C=O) groups excluding carboxylic acids is 1. The van der Waals surface area contributed by atoms with E-state index in [1.54, 1.807) is 36.4 Å². The normalized spacial score (nSPS) is 10.5. The molecule has 0 aliphatic carbocycles. The van der Waals surface area contributed by atoms with Gasteiger partial charge in [-0.2, -0.15) is 0 Å². The Kier molecular flexibility index (Phi) is 3.58. The topological polar surface area (TPSA) is 59.3 Å². The highest BCUT2D eigenvalue weighted by Gasteiger charge is 2.10. The summed E-state index contributed by atoms with van der Waals surface area (Å²) in [6.07, 6.45) is 1.35. The molecule has 1 N–H and O–H groups in total. The van der Waals surface area contributed by atoms with Gasteiger partial charge in [-0.15, -0.1) is 0 Å².